The van der Waals surface area contributed by atoms with Crippen molar-refractivity contribution in [3.63, 3.8) is 0 Å². The van der Waals surface area contributed by atoms with Crippen LogP contribution >= 0.6 is 23.2 Å². The van der Waals surface area contributed by atoms with E-state index in [-0.39, 0.29) is 35.6 Å². The van der Waals surface area contributed by atoms with Crippen LogP contribution in [0.2, 0.25) is 10.0 Å². The zero-order valence-corrected chi connectivity index (χ0v) is 40.1. The molecule has 0 saturated heterocycles. The van der Waals surface area contributed by atoms with Crippen LogP contribution in [0.15, 0.2) is 97.1 Å². The molecule has 5 heteroatoms. The van der Waals surface area contributed by atoms with Crippen LogP contribution < -0.4 is 24.8 Å². The van der Waals surface area contributed by atoms with Crippen molar-refractivity contribution in [3.8, 4) is 11.1 Å². The summed E-state index contributed by atoms with van der Waals surface area (Å²) in [5.74, 6) is 0. The van der Waals surface area contributed by atoms with Crippen LogP contribution in [0.25, 0.3) is 22.3 Å². The van der Waals surface area contributed by atoms with E-state index in [4.69, 9.17) is 23.2 Å². The Morgan fingerprint density at radius 1 is 0.768 bits per heavy atom. The first kappa shape index (κ1) is 46.3. The van der Waals surface area contributed by atoms with Crippen LogP contribution in [-0.2, 0) is 53.3 Å². The van der Waals surface area contributed by atoms with E-state index in [1.165, 1.54) is 113 Å². The van der Waals surface area contributed by atoms with Gasteiger partial charge in [-0.25, -0.2) is 11.6 Å². The molecule has 0 atom stereocenters. The molecule has 0 aliphatic heterocycles. The number of unbranched alkanes of at least 4 members (excludes halogenated alkanes) is 1. The van der Waals surface area contributed by atoms with Gasteiger partial charge in [-0.05, 0) is 58.4 Å². The van der Waals surface area contributed by atoms with Gasteiger partial charge < -0.3 is 24.8 Å². The number of allylic oxidation sites excluding steroid dienone is 4. The molecule has 56 heavy (non-hydrogen) atoms. The third-order valence-corrected chi connectivity index (χ3v) is 13.1. The number of hydrogen-bond acceptors (Lipinski definition) is 0. The fraction of sp³-hybridized carbons (Fsp3) is 0.333. The first-order valence-electron chi connectivity index (χ1n) is 19.4. The number of fused-ring (bicyclic) bond motifs is 5. The molecule has 0 radical (unpaired) electrons. The molecule has 0 unspecified atom stereocenters. The summed E-state index contributed by atoms with van der Waals surface area (Å²) in [6.45, 7) is 22.7. The Morgan fingerprint density at radius 2 is 1.32 bits per heavy atom. The van der Waals surface area contributed by atoms with Crippen LogP contribution in [0.5, 0.6) is 0 Å². The molecule has 5 aromatic carbocycles. The van der Waals surface area contributed by atoms with Gasteiger partial charge in [-0.3, -0.25) is 6.08 Å². The van der Waals surface area contributed by atoms with Gasteiger partial charge in [-0.15, -0.1) is 11.6 Å². The Labute approximate surface area is 374 Å². The summed E-state index contributed by atoms with van der Waals surface area (Å²) >= 11 is 13.3. The van der Waals surface area contributed by atoms with Gasteiger partial charge in [0.25, 0.3) is 0 Å². The molecule has 0 aromatic heterocycles. The van der Waals surface area contributed by atoms with Gasteiger partial charge in [0.2, 0.25) is 0 Å². The molecule has 0 nitrogen and oxygen atoms in total. The topological polar surface area (TPSA) is 0 Å². The Morgan fingerprint density at radius 3 is 1.84 bits per heavy atom. The first-order chi connectivity index (χ1) is 25.4. The SMILES string of the molecule is CC1=[C-]C(C)(C)c2cc3c(cc21)-c1cc2c(cc1C3)C(C)(C)C=C2C.CCCCc1cc(C(C)(C)C)c[cH-]1.Clc1cccc([C](=[Zr+2])c2cccc(Cl)c2)c1.[Cl-].[Cl-]. The zero-order chi connectivity index (χ0) is 39.2. The van der Waals surface area contributed by atoms with Crippen molar-refractivity contribution in [1.29, 1.82) is 0 Å². The van der Waals surface area contributed by atoms with Crippen LogP contribution in [0.3, 0.4) is 0 Å². The van der Waals surface area contributed by atoms with Gasteiger partial charge in [0, 0.05) is 5.41 Å². The van der Waals surface area contributed by atoms with Crippen LogP contribution in [-0.4, -0.2) is 3.21 Å². The average Bonchev–Trinajstić information content (AvgIpc) is 3.84. The van der Waals surface area contributed by atoms with E-state index in [2.05, 4.69) is 136 Å². The maximum atomic E-state index is 5.98. The second-order valence-electron chi connectivity index (χ2n) is 17.5. The Bertz CT molecular complexity index is 2160. The van der Waals surface area contributed by atoms with Crippen molar-refractivity contribution in [1.82, 2.24) is 0 Å². The van der Waals surface area contributed by atoms with Gasteiger partial charge in [0.05, 0.1) is 0 Å². The van der Waals surface area contributed by atoms with Crippen LogP contribution in [0, 0.1) is 6.08 Å². The largest absolute Gasteiger partial charge is 1.00 e. The van der Waals surface area contributed by atoms with Crippen molar-refractivity contribution in [3.05, 3.63) is 169 Å². The van der Waals surface area contributed by atoms with Gasteiger partial charge >= 0.3 is 120 Å². The molecule has 0 N–H and O–H groups in total. The summed E-state index contributed by atoms with van der Waals surface area (Å²) in [4.78, 5) is 0. The average molecular weight is 900 g/mol. The summed E-state index contributed by atoms with van der Waals surface area (Å²) < 4.78 is 1.26. The Kier molecular flexibility index (Phi) is 15.1. The van der Waals surface area contributed by atoms with E-state index < -0.39 is 0 Å². The molecule has 0 amide bonds. The Hall–Kier alpha value is -2.38. The number of hydrogen-bond donors (Lipinski definition) is 0. The molecule has 5 aromatic rings. The summed E-state index contributed by atoms with van der Waals surface area (Å²) in [7, 11) is 0. The predicted octanol–water partition coefficient (Wildman–Crippen LogP) is 8.61. The molecule has 0 spiro atoms. The molecule has 3 aliphatic carbocycles. The minimum absolute atomic E-state index is 0. The fourth-order valence-corrected chi connectivity index (χ4v) is 9.37. The van der Waals surface area contributed by atoms with E-state index in [1.54, 1.807) is 0 Å². The summed E-state index contributed by atoms with van der Waals surface area (Å²) in [6, 6.07) is 32.5. The van der Waals surface area contributed by atoms with E-state index in [0.717, 1.165) is 27.6 Å². The summed E-state index contributed by atoms with van der Waals surface area (Å²) in [6.07, 6.45) is 11.0. The molecule has 8 rings (SSSR count). The number of aryl methyl sites for hydroxylation is 1. The smallest absolute Gasteiger partial charge is 1.00 e. The normalized spacial score (nSPS) is 14.9. The molecule has 0 heterocycles. The second kappa shape index (κ2) is 18.3. The maximum absolute atomic E-state index is 5.98. The third-order valence-electron chi connectivity index (χ3n) is 11.2. The van der Waals surface area contributed by atoms with Crippen LogP contribution in [0.1, 0.15) is 138 Å². The van der Waals surface area contributed by atoms with Gasteiger partial charge in [-0.1, -0.05) is 111 Å². The monoisotopic (exact) mass is 896 g/mol. The van der Waals surface area contributed by atoms with Crippen molar-refractivity contribution >= 4 is 37.6 Å². The van der Waals surface area contributed by atoms with Gasteiger partial charge in [-0.2, -0.15) is 28.8 Å². The van der Waals surface area contributed by atoms with Crippen molar-refractivity contribution in [2.75, 3.05) is 0 Å². The van der Waals surface area contributed by atoms with Crippen molar-refractivity contribution in [2.45, 2.75) is 111 Å². The summed E-state index contributed by atoms with van der Waals surface area (Å²) in [5.41, 5.74) is 20.2. The number of benzene rings is 4. The molecule has 0 saturated carbocycles. The molecule has 3 aliphatic rings. The standard InChI is InChI=1S/C25H25.C13H8Cl2.C13H21.2ClH.Zr/c1-14-12-24(3,4)22-8-16-7-17-9-23-19(15(2)13-25(23,5)6)11-21(17)20(16)10-18(14)22;14-12-5-1-3-10(8-12)7-11-4-2-6-13(15)9-11;1-5-6-7-11-8-9-12(10-11)13(2,3)4;;;/h8-12H,7H2,1-6H3;1-6,8-9H;8-10H,5-7H2,1-4H3;2*1H;/q-1;;-1;;;+2/p-2. The van der Waals surface area contributed by atoms with E-state index >= 15 is 0 Å². The molecule has 0 fully saturated rings. The summed E-state index contributed by atoms with van der Waals surface area (Å²) in [5, 5.41) is 1.53. The van der Waals surface area contributed by atoms with Crippen LogP contribution in [0.4, 0.5) is 0 Å². The molecular formula is C51H54Cl4Zr-2. The minimum atomic E-state index is 0. The molecular weight excluding hydrogens is 846 g/mol. The van der Waals surface area contributed by atoms with Crippen molar-refractivity contribution < 1.29 is 49.0 Å². The Balaban J connectivity index is 0.000000196. The number of rotatable bonds is 5. The molecule has 0 bridgehead atoms. The second-order valence-corrected chi connectivity index (χ2v) is 19.6. The molecule has 292 valence electrons. The number of halogens is 4. The predicted molar refractivity (Wildman–Crippen MR) is 232 cm³/mol. The first-order valence-corrected chi connectivity index (χ1v) is 21.4. The van der Waals surface area contributed by atoms with E-state index in [0.29, 0.717) is 5.41 Å². The van der Waals surface area contributed by atoms with Crippen molar-refractivity contribution in [2.24, 2.45) is 0 Å². The fourth-order valence-electron chi connectivity index (χ4n) is 8.23. The third kappa shape index (κ3) is 10.1. The zero-order valence-electron chi connectivity index (χ0n) is 34.6. The quantitative estimate of drug-likeness (QED) is 0.152. The van der Waals surface area contributed by atoms with E-state index in [1.807, 2.05) is 36.4 Å². The van der Waals surface area contributed by atoms with Gasteiger partial charge in [0.15, 0.2) is 0 Å². The van der Waals surface area contributed by atoms with Gasteiger partial charge in [0.1, 0.15) is 0 Å². The maximum Gasteiger partial charge on any atom is -1.00 e. The van der Waals surface area contributed by atoms with E-state index in [9.17, 15) is 0 Å². The minimum Gasteiger partial charge on any atom is -1.00 e.